The maximum absolute atomic E-state index is 13.5. The van der Waals surface area contributed by atoms with Crippen molar-refractivity contribution in [1.29, 1.82) is 0 Å². The van der Waals surface area contributed by atoms with Crippen LogP contribution in [-0.2, 0) is 4.79 Å². The lowest BCUT2D eigenvalue weighted by Crippen LogP contribution is -2.40. The van der Waals surface area contributed by atoms with Gasteiger partial charge in [-0.15, -0.1) is 0 Å². The molecule has 0 amide bonds. The summed E-state index contributed by atoms with van der Waals surface area (Å²) in [6, 6.07) is 9.19. The van der Waals surface area contributed by atoms with E-state index in [0.717, 1.165) is 6.08 Å². The van der Waals surface area contributed by atoms with Gasteiger partial charge in [-0.05, 0) is 56.2 Å². The van der Waals surface area contributed by atoms with Crippen LogP contribution in [0.1, 0.15) is 45.6 Å². The third-order valence-corrected chi connectivity index (χ3v) is 6.07. The first-order valence-electron chi connectivity index (χ1n) is 11.5. The standard InChI is InChI=1S/C26H28ClF3O6/c1-4-16-13-20(26(28,29)30)19-14-21(27)23(15-22(19)35-16)34-12-6-11-33-17-7-9-18(10-8-17)36-25(3,5-2)24(31)32/h7-10,13-16H,4-6,11-12H2,1-3H3,(H,31,32)/t16?,25-/m1/s1. The molecule has 36 heavy (non-hydrogen) atoms. The molecule has 1 N–H and O–H groups in total. The third kappa shape index (κ3) is 6.57. The quantitative estimate of drug-likeness (QED) is 0.319. The first kappa shape index (κ1) is 27.5. The summed E-state index contributed by atoms with van der Waals surface area (Å²) < 4.78 is 63.1. The first-order chi connectivity index (χ1) is 17.0. The van der Waals surface area contributed by atoms with Crippen molar-refractivity contribution in [2.75, 3.05) is 13.2 Å². The fourth-order valence-corrected chi connectivity index (χ4v) is 3.65. The van der Waals surface area contributed by atoms with Crippen LogP contribution >= 0.6 is 11.6 Å². The van der Waals surface area contributed by atoms with E-state index in [1.54, 1.807) is 38.1 Å². The minimum atomic E-state index is -4.52. The van der Waals surface area contributed by atoms with Crippen molar-refractivity contribution < 1.29 is 42.0 Å². The molecule has 196 valence electrons. The van der Waals surface area contributed by atoms with Crippen LogP contribution in [0.5, 0.6) is 23.0 Å². The molecule has 0 saturated carbocycles. The Hall–Kier alpha value is -3.07. The Morgan fingerprint density at radius 2 is 1.72 bits per heavy atom. The summed E-state index contributed by atoms with van der Waals surface area (Å²) in [6.45, 7) is 5.50. The van der Waals surface area contributed by atoms with Crippen LogP contribution in [0.4, 0.5) is 13.2 Å². The lowest BCUT2D eigenvalue weighted by Gasteiger charge is -2.27. The molecule has 1 unspecified atom stereocenters. The number of carboxylic acid groups (broad SMARTS) is 1. The van der Waals surface area contributed by atoms with E-state index in [4.69, 9.17) is 30.5 Å². The molecule has 1 heterocycles. The van der Waals surface area contributed by atoms with E-state index in [9.17, 15) is 23.1 Å². The van der Waals surface area contributed by atoms with Crippen molar-refractivity contribution in [2.45, 2.75) is 57.9 Å². The molecule has 1 aliphatic rings. The highest BCUT2D eigenvalue weighted by Crippen LogP contribution is 2.45. The molecule has 1 aliphatic heterocycles. The molecule has 0 fully saturated rings. The number of aliphatic carboxylic acids is 1. The highest BCUT2D eigenvalue weighted by atomic mass is 35.5. The van der Waals surface area contributed by atoms with Gasteiger partial charge >= 0.3 is 12.1 Å². The van der Waals surface area contributed by atoms with Crippen molar-refractivity contribution >= 4 is 23.1 Å². The third-order valence-electron chi connectivity index (χ3n) is 5.77. The van der Waals surface area contributed by atoms with E-state index in [1.165, 1.54) is 19.1 Å². The van der Waals surface area contributed by atoms with Gasteiger partial charge in [-0.1, -0.05) is 25.4 Å². The lowest BCUT2D eigenvalue weighted by atomic mass is 9.98. The molecule has 3 rings (SSSR count). The average molecular weight is 529 g/mol. The summed E-state index contributed by atoms with van der Waals surface area (Å²) >= 11 is 6.19. The highest BCUT2D eigenvalue weighted by molar-refractivity contribution is 6.32. The van der Waals surface area contributed by atoms with Crippen LogP contribution in [0, 0.1) is 0 Å². The molecule has 0 aromatic heterocycles. The Morgan fingerprint density at radius 1 is 1.08 bits per heavy atom. The first-order valence-corrected chi connectivity index (χ1v) is 11.9. The number of ether oxygens (including phenoxy) is 4. The van der Waals surface area contributed by atoms with Gasteiger partial charge in [0.1, 0.15) is 29.1 Å². The Morgan fingerprint density at radius 3 is 2.31 bits per heavy atom. The number of allylic oxidation sites excluding steroid dienone is 1. The molecule has 2 aromatic rings. The zero-order valence-electron chi connectivity index (χ0n) is 20.2. The van der Waals surface area contributed by atoms with Crippen LogP contribution in [0.2, 0.25) is 5.02 Å². The smallest absolute Gasteiger partial charge is 0.416 e. The summed E-state index contributed by atoms with van der Waals surface area (Å²) in [4.78, 5) is 11.4. The Balaban J connectivity index is 1.53. The second kappa shape index (κ2) is 11.3. The maximum Gasteiger partial charge on any atom is 0.416 e. The molecule has 0 aliphatic carbocycles. The second-order valence-corrected chi connectivity index (χ2v) is 8.84. The minimum absolute atomic E-state index is 0.0550. The minimum Gasteiger partial charge on any atom is -0.493 e. The molecule has 0 radical (unpaired) electrons. The molecular formula is C26H28ClF3O6. The van der Waals surface area contributed by atoms with Gasteiger partial charge in [0.25, 0.3) is 0 Å². The van der Waals surface area contributed by atoms with Crippen LogP contribution in [-0.4, -0.2) is 42.2 Å². The van der Waals surface area contributed by atoms with E-state index in [0.29, 0.717) is 37.4 Å². The zero-order valence-corrected chi connectivity index (χ0v) is 20.9. The number of rotatable bonds is 11. The van der Waals surface area contributed by atoms with E-state index in [1.807, 2.05) is 0 Å². The average Bonchev–Trinajstić information content (AvgIpc) is 2.83. The van der Waals surface area contributed by atoms with Gasteiger partial charge in [-0.3, -0.25) is 0 Å². The number of carbonyl (C=O) groups is 1. The largest absolute Gasteiger partial charge is 0.493 e. The van der Waals surface area contributed by atoms with Crippen molar-refractivity contribution in [3.63, 3.8) is 0 Å². The van der Waals surface area contributed by atoms with Gasteiger partial charge in [0.15, 0.2) is 0 Å². The topological polar surface area (TPSA) is 74.2 Å². The monoisotopic (exact) mass is 528 g/mol. The molecule has 6 nitrogen and oxygen atoms in total. The molecule has 0 spiro atoms. The van der Waals surface area contributed by atoms with E-state index in [2.05, 4.69) is 0 Å². The Bertz CT molecular complexity index is 1100. The van der Waals surface area contributed by atoms with Gasteiger partial charge in [0.2, 0.25) is 5.60 Å². The molecular weight excluding hydrogens is 501 g/mol. The number of hydrogen-bond donors (Lipinski definition) is 1. The van der Waals surface area contributed by atoms with Crippen molar-refractivity contribution in [1.82, 2.24) is 0 Å². The van der Waals surface area contributed by atoms with Gasteiger partial charge in [-0.25, -0.2) is 4.79 Å². The number of alkyl halides is 3. The van der Waals surface area contributed by atoms with Crippen molar-refractivity contribution in [3.05, 3.63) is 53.1 Å². The molecule has 10 heteroatoms. The van der Waals surface area contributed by atoms with E-state index in [-0.39, 0.29) is 28.7 Å². The van der Waals surface area contributed by atoms with Gasteiger partial charge in [-0.2, -0.15) is 13.2 Å². The lowest BCUT2D eigenvalue weighted by molar-refractivity contribution is -0.154. The van der Waals surface area contributed by atoms with E-state index >= 15 is 0 Å². The van der Waals surface area contributed by atoms with Crippen molar-refractivity contribution in [2.24, 2.45) is 0 Å². The highest BCUT2D eigenvalue weighted by Gasteiger charge is 2.39. The number of benzene rings is 2. The Labute approximate surface area is 212 Å². The molecule has 2 atom stereocenters. The van der Waals surface area contributed by atoms with Gasteiger partial charge in [0.05, 0.1) is 23.8 Å². The summed E-state index contributed by atoms with van der Waals surface area (Å²) in [6.07, 6.45) is -2.96. The Kier molecular flexibility index (Phi) is 8.66. The van der Waals surface area contributed by atoms with Crippen LogP contribution in [0.15, 0.2) is 42.5 Å². The zero-order chi connectivity index (χ0) is 26.5. The molecule has 0 bridgehead atoms. The van der Waals surface area contributed by atoms with Crippen molar-refractivity contribution in [3.8, 4) is 23.0 Å². The molecule has 2 aromatic carbocycles. The number of halogens is 4. The fraction of sp³-hybridized carbons (Fsp3) is 0.423. The predicted octanol–water partition coefficient (Wildman–Crippen LogP) is 6.94. The second-order valence-electron chi connectivity index (χ2n) is 8.43. The van der Waals surface area contributed by atoms with Gasteiger partial charge < -0.3 is 24.1 Å². The summed E-state index contributed by atoms with van der Waals surface area (Å²) in [5.41, 5.74) is -2.19. The maximum atomic E-state index is 13.5. The van der Waals surface area contributed by atoms with Crippen LogP contribution in [0.3, 0.4) is 0 Å². The van der Waals surface area contributed by atoms with Gasteiger partial charge in [0, 0.05) is 18.1 Å². The number of carboxylic acids is 1. The number of hydrogen-bond acceptors (Lipinski definition) is 5. The molecule has 0 saturated heterocycles. The van der Waals surface area contributed by atoms with Crippen LogP contribution < -0.4 is 18.9 Å². The van der Waals surface area contributed by atoms with Crippen LogP contribution in [0.25, 0.3) is 5.57 Å². The fourth-order valence-electron chi connectivity index (χ4n) is 3.44. The summed E-state index contributed by atoms with van der Waals surface area (Å²) in [5, 5.41) is 9.37. The number of fused-ring (bicyclic) bond motifs is 1. The summed E-state index contributed by atoms with van der Waals surface area (Å²) in [5.74, 6) is 0.242. The SMILES string of the molecule is CCC1C=C(C(F)(F)F)c2cc(Cl)c(OCCCOc3ccc(O[C@](C)(CC)C(=O)O)cc3)cc2O1. The normalized spacial score (nSPS) is 16.8. The predicted molar refractivity (Wildman–Crippen MR) is 129 cm³/mol. The summed E-state index contributed by atoms with van der Waals surface area (Å²) in [7, 11) is 0. The van der Waals surface area contributed by atoms with E-state index < -0.39 is 29.4 Å².